The highest BCUT2D eigenvalue weighted by molar-refractivity contribution is 5.58. The molecule has 0 radical (unpaired) electrons. The molecule has 0 aliphatic rings. The summed E-state index contributed by atoms with van der Waals surface area (Å²) >= 11 is 0. The van der Waals surface area contributed by atoms with E-state index in [9.17, 15) is 13.6 Å². The van der Waals surface area contributed by atoms with Crippen LogP contribution in [0.3, 0.4) is 0 Å². The van der Waals surface area contributed by atoms with Gasteiger partial charge in [-0.3, -0.25) is 4.90 Å². The molecular weight excluding hydrogens is 344 g/mol. The van der Waals surface area contributed by atoms with Crippen molar-refractivity contribution in [3.8, 4) is 0 Å². The van der Waals surface area contributed by atoms with Gasteiger partial charge in [0.1, 0.15) is 17.9 Å². The van der Waals surface area contributed by atoms with Gasteiger partial charge < -0.3 is 4.79 Å². The number of halogens is 2. The summed E-state index contributed by atoms with van der Waals surface area (Å²) in [6, 6.07) is 22.4. The first-order valence-corrected chi connectivity index (χ1v) is 8.87. The maximum atomic E-state index is 14.1. The summed E-state index contributed by atoms with van der Waals surface area (Å²) in [4.78, 5) is 13.9. The number of hydrogen-bond donors (Lipinski definition) is 0. The van der Waals surface area contributed by atoms with E-state index in [0.29, 0.717) is 13.1 Å². The van der Waals surface area contributed by atoms with E-state index in [1.165, 1.54) is 0 Å². The summed E-state index contributed by atoms with van der Waals surface area (Å²) in [5.74, 6) is -1.00. The standard InChI is InChI=1S/C23H21F2NO/c24-21-11-12-23(25)20(13-21)14-22(17-27)26(15-18-7-3-1-4-8-18)16-19-9-5-2-6-10-19/h1-13,17,22H,14-16H2. The Morgan fingerprint density at radius 1 is 0.815 bits per heavy atom. The zero-order valence-electron chi connectivity index (χ0n) is 14.9. The molecule has 0 saturated heterocycles. The normalized spacial score (nSPS) is 12.1. The van der Waals surface area contributed by atoms with Crippen LogP contribution < -0.4 is 0 Å². The highest BCUT2D eigenvalue weighted by atomic mass is 19.1. The smallest absolute Gasteiger partial charge is 0.137 e. The summed E-state index contributed by atoms with van der Waals surface area (Å²) in [6.45, 7) is 1.08. The number of nitrogens with zero attached hydrogens (tertiary/aromatic N) is 1. The maximum Gasteiger partial charge on any atom is 0.137 e. The molecule has 3 aromatic carbocycles. The molecule has 138 valence electrons. The van der Waals surface area contributed by atoms with Crippen molar-refractivity contribution in [1.82, 2.24) is 4.90 Å². The van der Waals surface area contributed by atoms with Gasteiger partial charge in [-0.1, -0.05) is 60.7 Å². The third-order valence-electron chi connectivity index (χ3n) is 4.52. The van der Waals surface area contributed by atoms with Crippen molar-refractivity contribution in [3.05, 3.63) is 107 Å². The van der Waals surface area contributed by atoms with Crippen LogP contribution in [0.1, 0.15) is 16.7 Å². The SMILES string of the molecule is O=CC(Cc1cc(F)ccc1F)N(Cc1ccccc1)Cc1ccccc1. The first-order valence-electron chi connectivity index (χ1n) is 8.87. The van der Waals surface area contributed by atoms with Gasteiger partial charge in [0.05, 0.1) is 6.04 Å². The molecular formula is C23H21F2NO. The van der Waals surface area contributed by atoms with Crippen molar-refractivity contribution in [2.45, 2.75) is 25.6 Å². The second kappa shape index (κ2) is 9.19. The van der Waals surface area contributed by atoms with Crippen LogP contribution in [0, 0.1) is 11.6 Å². The average Bonchev–Trinajstić information content (AvgIpc) is 2.70. The Morgan fingerprint density at radius 2 is 1.37 bits per heavy atom. The molecule has 0 bridgehead atoms. The highest BCUT2D eigenvalue weighted by Gasteiger charge is 2.21. The number of benzene rings is 3. The molecule has 1 unspecified atom stereocenters. The van der Waals surface area contributed by atoms with Crippen LogP contribution >= 0.6 is 0 Å². The van der Waals surface area contributed by atoms with E-state index in [0.717, 1.165) is 35.6 Å². The van der Waals surface area contributed by atoms with Crippen molar-refractivity contribution in [2.75, 3.05) is 0 Å². The lowest BCUT2D eigenvalue weighted by Crippen LogP contribution is -2.37. The summed E-state index contributed by atoms with van der Waals surface area (Å²) in [5.41, 5.74) is 2.32. The fourth-order valence-electron chi connectivity index (χ4n) is 3.11. The van der Waals surface area contributed by atoms with E-state index >= 15 is 0 Å². The van der Waals surface area contributed by atoms with E-state index in [1.54, 1.807) is 0 Å². The Morgan fingerprint density at radius 3 is 1.89 bits per heavy atom. The molecule has 1 atom stereocenters. The van der Waals surface area contributed by atoms with Gasteiger partial charge in [0.2, 0.25) is 0 Å². The lowest BCUT2D eigenvalue weighted by atomic mass is 10.0. The third-order valence-corrected chi connectivity index (χ3v) is 4.52. The summed E-state index contributed by atoms with van der Waals surface area (Å²) in [6.07, 6.45) is 0.934. The van der Waals surface area contributed by atoms with E-state index < -0.39 is 17.7 Å². The van der Waals surface area contributed by atoms with Gasteiger partial charge in [0.15, 0.2) is 0 Å². The molecule has 27 heavy (non-hydrogen) atoms. The van der Waals surface area contributed by atoms with Gasteiger partial charge in [-0.25, -0.2) is 8.78 Å². The molecule has 3 aromatic rings. The lowest BCUT2D eigenvalue weighted by molar-refractivity contribution is -0.112. The Hall–Kier alpha value is -2.85. The van der Waals surface area contributed by atoms with Crippen LogP contribution in [0.25, 0.3) is 0 Å². The van der Waals surface area contributed by atoms with Gasteiger partial charge in [0.25, 0.3) is 0 Å². The number of carbonyl (C=O) groups is 1. The predicted octanol–water partition coefficient (Wildman–Crippen LogP) is 4.78. The minimum atomic E-state index is -0.568. The maximum absolute atomic E-state index is 14.1. The Balaban J connectivity index is 1.86. The van der Waals surface area contributed by atoms with Gasteiger partial charge in [-0.2, -0.15) is 0 Å². The van der Waals surface area contributed by atoms with E-state index in [1.807, 2.05) is 65.6 Å². The molecule has 0 saturated carbocycles. The number of rotatable bonds is 8. The minimum Gasteiger partial charge on any atom is -0.302 e. The second-order valence-corrected chi connectivity index (χ2v) is 6.52. The molecule has 2 nitrogen and oxygen atoms in total. The lowest BCUT2D eigenvalue weighted by Gasteiger charge is -2.28. The van der Waals surface area contributed by atoms with Gasteiger partial charge in [-0.15, -0.1) is 0 Å². The molecule has 0 aliphatic carbocycles. The summed E-state index contributed by atoms with van der Waals surface area (Å²) in [5, 5.41) is 0. The van der Waals surface area contributed by atoms with Gasteiger partial charge >= 0.3 is 0 Å². The Bertz CT molecular complexity index is 827. The van der Waals surface area contributed by atoms with Gasteiger partial charge in [0, 0.05) is 13.1 Å². The zero-order valence-corrected chi connectivity index (χ0v) is 14.9. The van der Waals surface area contributed by atoms with Crippen LogP contribution in [0.2, 0.25) is 0 Å². The largest absolute Gasteiger partial charge is 0.302 e. The fraction of sp³-hybridized carbons (Fsp3) is 0.174. The Kier molecular flexibility index (Phi) is 6.44. The first kappa shape index (κ1) is 18.9. The van der Waals surface area contributed by atoms with Crippen LogP contribution in [-0.2, 0) is 24.3 Å². The molecule has 0 fully saturated rings. The highest BCUT2D eigenvalue weighted by Crippen LogP contribution is 2.18. The average molecular weight is 365 g/mol. The fourth-order valence-corrected chi connectivity index (χ4v) is 3.11. The van der Waals surface area contributed by atoms with Crippen LogP contribution in [-0.4, -0.2) is 17.2 Å². The van der Waals surface area contributed by atoms with Crippen LogP contribution in [0.4, 0.5) is 8.78 Å². The zero-order chi connectivity index (χ0) is 19.1. The third kappa shape index (κ3) is 5.31. The van der Waals surface area contributed by atoms with Crippen molar-refractivity contribution >= 4 is 6.29 Å². The van der Waals surface area contributed by atoms with E-state index in [4.69, 9.17) is 0 Å². The number of carbonyl (C=O) groups excluding carboxylic acids is 1. The monoisotopic (exact) mass is 365 g/mol. The predicted molar refractivity (Wildman–Crippen MR) is 102 cm³/mol. The molecule has 0 amide bonds. The van der Waals surface area contributed by atoms with Gasteiger partial charge in [-0.05, 0) is 41.3 Å². The molecule has 0 N–H and O–H groups in total. The molecule has 0 aliphatic heterocycles. The first-order chi connectivity index (χ1) is 13.2. The van der Waals surface area contributed by atoms with Crippen molar-refractivity contribution in [3.63, 3.8) is 0 Å². The summed E-state index contributed by atoms with van der Waals surface area (Å²) < 4.78 is 27.6. The second-order valence-electron chi connectivity index (χ2n) is 6.52. The van der Waals surface area contributed by atoms with Crippen LogP contribution in [0.5, 0.6) is 0 Å². The van der Waals surface area contributed by atoms with Crippen LogP contribution in [0.15, 0.2) is 78.9 Å². The quantitative estimate of drug-likeness (QED) is 0.536. The van der Waals surface area contributed by atoms with Crippen molar-refractivity contribution < 1.29 is 13.6 Å². The van der Waals surface area contributed by atoms with E-state index in [-0.39, 0.29) is 12.0 Å². The van der Waals surface area contributed by atoms with E-state index in [2.05, 4.69) is 0 Å². The minimum absolute atomic E-state index is 0.118. The number of hydrogen-bond acceptors (Lipinski definition) is 2. The Labute approximate surface area is 158 Å². The van der Waals surface area contributed by atoms with Crippen molar-refractivity contribution in [2.24, 2.45) is 0 Å². The van der Waals surface area contributed by atoms with Crippen molar-refractivity contribution in [1.29, 1.82) is 0 Å². The molecule has 4 heteroatoms. The molecule has 0 heterocycles. The topological polar surface area (TPSA) is 20.3 Å². The molecule has 0 spiro atoms. The summed E-state index contributed by atoms with van der Waals surface area (Å²) in [7, 11) is 0. The number of aldehydes is 1. The molecule has 0 aromatic heterocycles. The molecule has 3 rings (SSSR count).